The molecule has 0 saturated carbocycles. The number of ether oxygens (including phenoxy) is 1. The number of benzene rings is 1. The lowest BCUT2D eigenvalue weighted by atomic mass is 10.2. The molecule has 1 aliphatic heterocycles. The molecule has 8 nitrogen and oxygen atoms in total. The summed E-state index contributed by atoms with van der Waals surface area (Å²) >= 11 is 1.38. The monoisotopic (exact) mass is 398 g/mol. The number of nitrogens with zero attached hydrogens (tertiary/aromatic N) is 5. The fraction of sp³-hybridized carbons (Fsp3) is 0.368. The fourth-order valence-electron chi connectivity index (χ4n) is 3.18. The second kappa shape index (κ2) is 8.59. The summed E-state index contributed by atoms with van der Waals surface area (Å²) < 4.78 is 7.42. The largest absolute Gasteiger partial charge is 0.371 e. The van der Waals surface area contributed by atoms with Crippen molar-refractivity contribution in [2.75, 3.05) is 25.5 Å². The average molecular weight is 398 g/mol. The molecule has 1 unspecified atom stereocenters. The molecule has 1 aliphatic rings. The topological polar surface area (TPSA) is 85.2 Å². The van der Waals surface area contributed by atoms with Crippen molar-refractivity contribution >= 4 is 22.4 Å². The minimum Gasteiger partial charge on any atom is -0.371 e. The van der Waals surface area contributed by atoms with Crippen molar-refractivity contribution in [2.24, 2.45) is 0 Å². The summed E-state index contributed by atoms with van der Waals surface area (Å²) in [5.41, 5.74) is 2.11. The van der Waals surface area contributed by atoms with Gasteiger partial charge in [0.15, 0.2) is 0 Å². The third-order valence-electron chi connectivity index (χ3n) is 4.44. The predicted octanol–water partition coefficient (Wildman–Crippen LogP) is 2.65. The van der Waals surface area contributed by atoms with Crippen LogP contribution >= 0.6 is 11.3 Å². The molecule has 146 valence electrons. The molecule has 1 N–H and O–H groups in total. The number of likely N-dealkylation sites (N-methyl/N-ethyl adjacent to an activating group) is 1. The number of hydrogen-bond acceptors (Lipinski definition) is 7. The third-order valence-corrected chi connectivity index (χ3v) is 5.37. The normalized spacial score (nSPS) is 16.6. The van der Waals surface area contributed by atoms with Crippen LogP contribution in [0.5, 0.6) is 0 Å². The van der Waals surface area contributed by atoms with Gasteiger partial charge in [-0.25, -0.2) is 4.68 Å². The van der Waals surface area contributed by atoms with Crippen LogP contribution in [0.3, 0.4) is 0 Å². The first-order valence-corrected chi connectivity index (χ1v) is 10.0. The molecule has 3 heterocycles. The Hall–Kier alpha value is -2.62. The average Bonchev–Trinajstić information content (AvgIpc) is 3.43. The Morgan fingerprint density at radius 2 is 2.32 bits per heavy atom. The molecule has 1 saturated heterocycles. The summed E-state index contributed by atoms with van der Waals surface area (Å²) in [4.78, 5) is 14.3. The van der Waals surface area contributed by atoms with Gasteiger partial charge < -0.3 is 4.74 Å². The van der Waals surface area contributed by atoms with Crippen LogP contribution in [0.2, 0.25) is 0 Å². The molecule has 1 amide bonds. The summed E-state index contributed by atoms with van der Waals surface area (Å²) in [6.45, 7) is 1.68. The first kappa shape index (κ1) is 18.7. The summed E-state index contributed by atoms with van der Waals surface area (Å²) in [5, 5.41) is 16.6. The van der Waals surface area contributed by atoms with Gasteiger partial charge in [0.25, 0.3) is 0 Å². The van der Waals surface area contributed by atoms with Crippen molar-refractivity contribution in [3.05, 3.63) is 53.3 Å². The van der Waals surface area contributed by atoms with Crippen molar-refractivity contribution < 1.29 is 9.53 Å². The zero-order chi connectivity index (χ0) is 19.3. The molecule has 9 heteroatoms. The first-order valence-electron chi connectivity index (χ1n) is 9.20. The van der Waals surface area contributed by atoms with E-state index in [0.29, 0.717) is 11.7 Å². The van der Waals surface area contributed by atoms with Crippen LogP contribution in [0.15, 0.2) is 42.7 Å². The predicted molar refractivity (Wildman–Crippen MR) is 106 cm³/mol. The van der Waals surface area contributed by atoms with Gasteiger partial charge in [-0.05, 0) is 43.7 Å². The lowest BCUT2D eigenvalue weighted by Gasteiger charge is -2.16. The number of aromatic nitrogens is 4. The maximum absolute atomic E-state index is 12.3. The summed E-state index contributed by atoms with van der Waals surface area (Å²) in [6, 6.07) is 10.00. The minimum absolute atomic E-state index is 0.0212. The van der Waals surface area contributed by atoms with Crippen LogP contribution in [-0.2, 0) is 16.1 Å². The van der Waals surface area contributed by atoms with Gasteiger partial charge in [0.1, 0.15) is 11.1 Å². The Bertz CT molecular complexity index is 920. The lowest BCUT2D eigenvalue weighted by molar-refractivity contribution is -0.117. The van der Waals surface area contributed by atoms with Gasteiger partial charge >= 0.3 is 0 Å². The number of carbonyl (C=O) groups excluding carboxylic acids is 1. The van der Waals surface area contributed by atoms with Crippen LogP contribution in [0.4, 0.5) is 5.13 Å². The molecule has 4 rings (SSSR count). The molecule has 1 fully saturated rings. The van der Waals surface area contributed by atoms with Gasteiger partial charge in [-0.1, -0.05) is 23.5 Å². The molecule has 3 aromatic rings. The van der Waals surface area contributed by atoms with E-state index in [0.717, 1.165) is 35.7 Å². The summed E-state index contributed by atoms with van der Waals surface area (Å²) in [6.07, 6.45) is 5.68. The Labute approximate surface area is 167 Å². The fourth-order valence-corrected chi connectivity index (χ4v) is 4.02. The highest BCUT2D eigenvalue weighted by molar-refractivity contribution is 7.15. The van der Waals surface area contributed by atoms with E-state index in [1.54, 1.807) is 6.20 Å². The Morgan fingerprint density at radius 1 is 1.39 bits per heavy atom. The minimum atomic E-state index is -0.110. The van der Waals surface area contributed by atoms with E-state index in [9.17, 15) is 4.79 Å². The van der Waals surface area contributed by atoms with Gasteiger partial charge in [0, 0.05) is 25.5 Å². The van der Waals surface area contributed by atoms with E-state index in [1.165, 1.54) is 11.3 Å². The number of hydrogen-bond donors (Lipinski definition) is 1. The zero-order valence-electron chi connectivity index (χ0n) is 15.6. The van der Waals surface area contributed by atoms with Crippen LogP contribution in [0.1, 0.15) is 29.5 Å². The Morgan fingerprint density at radius 3 is 3.11 bits per heavy atom. The van der Waals surface area contributed by atoms with Gasteiger partial charge in [0.2, 0.25) is 11.0 Å². The molecule has 0 radical (unpaired) electrons. The number of amides is 1. The molecule has 0 spiro atoms. The first-order chi connectivity index (χ1) is 13.7. The molecule has 0 aliphatic carbocycles. The van der Waals surface area contributed by atoms with Gasteiger partial charge in [-0.15, -0.1) is 10.2 Å². The van der Waals surface area contributed by atoms with Gasteiger partial charge in [0.05, 0.1) is 12.2 Å². The number of nitrogens with one attached hydrogen (secondary N) is 1. The Balaban J connectivity index is 1.30. The smallest absolute Gasteiger partial charge is 0.240 e. The maximum Gasteiger partial charge on any atom is 0.240 e. The summed E-state index contributed by atoms with van der Waals surface area (Å²) in [7, 11) is 1.91. The van der Waals surface area contributed by atoms with E-state index in [4.69, 9.17) is 4.74 Å². The number of rotatable bonds is 7. The van der Waals surface area contributed by atoms with Crippen molar-refractivity contribution in [1.82, 2.24) is 24.9 Å². The zero-order valence-corrected chi connectivity index (χ0v) is 16.4. The highest BCUT2D eigenvalue weighted by atomic mass is 32.1. The molecule has 28 heavy (non-hydrogen) atoms. The third kappa shape index (κ3) is 4.61. The lowest BCUT2D eigenvalue weighted by Crippen LogP contribution is -2.29. The van der Waals surface area contributed by atoms with Crippen molar-refractivity contribution in [1.29, 1.82) is 0 Å². The highest BCUT2D eigenvalue weighted by Gasteiger charge is 2.22. The molecule has 1 atom stereocenters. The standard InChI is InChI=1S/C19H22N6O2S/c1-24(12-14-5-2-6-15(11-14)25-9-4-8-20-25)13-17(26)21-19-23-22-18(28-19)16-7-3-10-27-16/h2,4-6,8-9,11,16H,3,7,10,12-13H2,1H3,(H,21,23,26). The SMILES string of the molecule is CN(CC(=O)Nc1nnc(C2CCCO2)s1)Cc1cccc(-n2cccn2)c1. The Kier molecular flexibility index (Phi) is 5.75. The van der Waals surface area contributed by atoms with E-state index in [1.807, 2.05) is 47.1 Å². The van der Waals surface area contributed by atoms with Crippen molar-refractivity contribution in [3.8, 4) is 5.69 Å². The van der Waals surface area contributed by atoms with Crippen molar-refractivity contribution in [2.45, 2.75) is 25.5 Å². The van der Waals surface area contributed by atoms with E-state index < -0.39 is 0 Å². The van der Waals surface area contributed by atoms with Crippen LogP contribution in [-0.4, -0.2) is 51.0 Å². The molecule has 1 aromatic carbocycles. The molecule has 0 bridgehead atoms. The number of carbonyl (C=O) groups is 1. The van der Waals surface area contributed by atoms with E-state index in [-0.39, 0.29) is 18.6 Å². The van der Waals surface area contributed by atoms with E-state index in [2.05, 4.69) is 26.7 Å². The molecule has 2 aromatic heterocycles. The maximum atomic E-state index is 12.3. The second-order valence-corrected chi connectivity index (χ2v) is 7.80. The van der Waals surface area contributed by atoms with Crippen LogP contribution in [0, 0.1) is 0 Å². The molecular weight excluding hydrogens is 376 g/mol. The quantitative estimate of drug-likeness (QED) is 0.659. The van der Waals surface area contributed by atoms with Gasteiger partial charge in [-0.3, -0.25) is 15.0 Å². The van der Waals surface area contributed by atoms with Gasteiger partial charge in [-0.2, -0.15) is 5.10 Å². The highest BCUT2D eigenvalue weighted by Crippen LogP contribution is 2.31. The second-order valence-electron chi connectivity index (χ2n) is 6.79. The van der Waals surface area contributed by atoms with Crippen LogP contribution < -0.4 is 5.32 Å². The van der Waals surface area contributed by atoms with Crippen molar-refractivity contribution in [3.63, 3.8) is 0 Å². The van der Waals surface area contributed by atoms with Crippen LogP contribution in [0.25, 0.3) is 5.69 Å². The number of anilines is 1. The summed E-state index contributed by atoms with van der Waals surface area (Å²) in [5.74, 6) is -0.110. The van der Waals surface area contributed by atoms with E-state index >= 15 is 0 Å². The molecular formula is C19H22N6O2S.